The van der Waals surface area contributed by atoms with Crippen LogP contribution in [-0.2, 0) is 11.3 Å². The van der Waals surface area contributed by atoms with Crippen molar-refractivity contribution >= 4 is 0 Å². The number of ether oxygens (including phenoxy) is 2. The molecule has 2 aliphatic rings. The molecule has 0 bridgehead atoms. The molecule has 0 amide bonds. The first kappa shape index (κ1) is 13.8. The minimum atomic E-state index is 0.347. The number of aromatic nitrogens is 2. The molecule has 3 heterocycles. The van der Waals surface area contributed by atoms with Crippen LogP contribution in [0.4, 0.5) is 0 Å². The Kier molecular flexibility index (Phi) is 3.83. The monoisotopic (exact) mass is 299 g/mol. The van der Waals surface area contributed by atoms with E-state index in [0.717, 1.165) is 44.4 Å². The molecule has 116 valence electrons. The van der Waals surface area contributed by atoms with Crippen LogP contribution in [0.15, 0.2) is 42.7 Å². The standard InChI is InChI=1S/C17H21N3O2/c1-2-4-14(5-3-1)21-11-13-12-22-16-9-20(8-15(13)16)10-17-18-6-7-19-17/h1-7,13,15-16H,8-12H2,(H,18,19)/t13-,15-,16-/m1/s1. The van der Waals surface area contributed by atoms with E-state index in [9.17, 15) is 0 Å². The van der Waals surface area contributed by atoms with Crippen molar-refractivity contribution in [3.05, 3.63) is 48.5 Å². The Bertz CT molecular complexity index is 587. The molecule has 2 aromatic rings. The Morgan fingerprint density at radius 2 is 2.18 bits per heavy atom. The largest absolute Gasteiger partial charge is 0.493 e. The normalized spacial score (nSPS) is 27.9. The SMILES string of the molecule is c1ccc(OC[C@@H]2CO[C@@H]3CN(Cc4ncc[nH]4)C[C@H]23)cc1. The van der Waals surface area contributed by atoms with Gasteiger partial charge < -0.3 is 14.5 Å². The van der Waals surface area contributed by atoms with Crippen molar-refractivity contribution in [2.24, 2.45) is 11.8 Å². The third-order valence-corrected chi connectivity index (χ3v) is 4.65. The molecule has 2 aliphatic heterocycles. The highest BCUT2D eigenvalue weighted by molar-refractivity contribution is 5.21. The third kappa shape index (κ3) is 2.87. The number of fused-ring (bicyclic) bond motifs is 1. The molecule has 22 heavy (non-hydrogen) atoms. The van der Waals surface area contributed by atoms with Crippen molar-refractivity contribution in [3.8, 4) is 5.75 Å². The van der Waals surface area contributed by atoms with Crippen molar-refractivity contribution in [1.29, 1.82) is 0 Å². The number of hydrogen-bond acceptors (Lipinski definition) is 4. The molecule has 2 saturated heterocycles. The van der Waals surface area contributed by atoms with Crippen molar-refractivity contribution in [2.75, 3.05) is 26.3 Å². The maximum atomic E-state index is 5.98. The third-order valence-electron chi connectivity index (χ3n) is 4.65. The first-order chi connectivity index (χ1) is 10.9. The van der Waals surface area contributed by atoms with Crippen LogP contribution in [0.5, 0.6) is 5.75 Å². The van der Waals surface area contributed by atoms with Gasteiger partial charge in [0.15, 0.2) is 0 Å². The molecule has 2 fully saturated rings. The van der Waals surface area contributed by atoms with Crippen LogP contribution in [0.1, 0.15) is 5.82 Å². The van der Waals surface area contributed by atoms with Crippen LogP contribution < -0.4 is 4.74 Å². The Balaban J connectivity index is 1.32. The predicted octanol–water partition coefficient (Wildman–Crippen LogP) is 1.94. The number of aromatic amines is 1. The fraction of sp³-hybridized carbons (Fsp3) is 0.471. The average Bonchev–Trinajstić information content (AvgIpc) is 3.25. The summed E-state index contributed by atoms with van der Waals surface area (Å²) in [4.78, 5) is 9.89. The smallest absolute Gasteiger partial charge is 0.120 e. The summed E-state index contributed by atoms with van der Waals surface area (Å²) in [5, 5.41) is 0. The number of rotatable bonds is 5. The molecule has 0 saturated carbocycles. The predicted molar refractivity (Wildman–Crippen MR) is 82.5 cm³/mol. The zero-order chi connectivity index (χ0) is 14.8. The van der Waals surface area contributed by atoms with Gasteiger partial charge in [-0.25, -0.2) is 4.98 Å². The van der Waals surface area contributed by atoms with Crippen LogP contribution >= 0.6 is 0 Å². The van der Waals surface area contributed by atoms with Gasteiger partial charge in [-0.2, -0.15) is 0 Å². The van der Waals surface area contributed by atoms with Crippen molar-refractivity contribution < 1.29 is 9.47 Å². The number of para-hydroxylation sites is 1. The van der Waals surface area contributed by atoms with Gasteiger partial charge in [-0.15, -0.1) is 0 Å². The molecule has 0 unspecified atom stereocenters. The van der Waals surface area contributed by atoms with Gasteiger partial charge >= 0.3 is 0 Å². The van der Waals surface area contributed by atoms with Gasteiger partial charge in [-0.3, -0.25) is 4.90 Å². The highest BCUT2D eigenvalue weighted by Crippen LogP contribution is 2.34. The van der Waals surface area contributed by atoms with E-state index in [0.29, 0.717) is 17.9 Å². The van der Waals surface area contributed by atoms with Crippen LogP contribution in [0.3, 0.4) is 0 Å². The number of nitrogens with zero attached hydrogens (tertiary/aromatic N) is 2. The molecule has 1 aromatic heterocycles. The van der Waals surface area contributed by atoms with Crippen molar-refractivity contribution in [3.63, 3.8) is 0 Å². The highest BCUT2D eigenvalue weighted by atomic mass is 16.5. The molecule has 1 aromatic carbocycles. The molecule has 0 spiro atoms. The van der Waals surface area contributed by atoms with Crippen LogP contribution in [0, 0.1) is 11.8 Å². The first-order valence-electron chi connectivity index (χ1n) is 7.88. The summed E-state index contributed by atoms with van der Waals surface area (Å²) in [6.07, 6.45) is 4.03. The minimum Gasteiger partial charge on any atom is -0.493 e. The summed E-state index contributed by atoms with van der Waals surface area (Å²) < 4.78 is 11.9. The van der Waals surface area contributed by atoms with Crippen LogP contribution in [0.25, 0.3) is 0 Å². The van der Waals surface area contributed by atoms with E-state index in [1.54, 1.807) is 6.20 Å². The second-order valence-electron chi connectivity index (χ2n) is 6.15. The Hall–Kier alpha value is -1.85. The minimum absolute atomic E-state index is 0.347. The molecule has 0 radical (unpaired) electrons. The molecule has 0 aliphatic carbocycles. The number of likely N-dealkylation sites (tertiary alicyclic amines) is 1. The Morgan fingerprint density at radius 3 is 3.00 bits per heavy atom. The number of nitrogens with one attached hydrogen (secondary N) is 1. The van der Waals surface area contributed by atoms with E-state index in [1.807, 2.05) is 36.5 Å². The molecule has 1 N–H and O–H groups in total. The van der Waals surface area contributed by atoms with Crippen molar-refractivity contribution in [1.82, 2.24) is 14.9 Å². The fourth-order valence-corrected chi connectivity index (χ4v) is 3.50. The lowest BCUT2D eigenvalue weighted by atomic mass is 9.94. The van der Waals surface area contributed by atoms with Crippen molar-refractivity contribution in [2.45, 2.75) is 12.6 Å². The maximum absolute atomic E-state index is 5.98. The number of H-pyrrole nitrogens is 1. The zero-order valence-corrected chi connectivity index (χ0v) is 12.5. The molecule has 5 heteroatoms. The quantitative estimate of drug-likeness (QED) is 0.916. The number of benzene rings is 1. The van der Waals surface area contributed by atoms with E-state index in [4.69, 9.17) is 9.47 Å². The topological polar surface area (TPSA) is 50.4 Å². The van der Waals surface area contributed by atoms with E-state index in [1.165, 1.54) is 0 Å². The molecule has 4 rings (SSSR count). The second kappa shape index (κ2) is 6.10. The second-order valence-corrected chi connectivity index (χ2v) is 6.15. The van der Waals surface area contributed by atoms with Gasteiger partial charge in [-0.05, 0) is 12.1 Å². The van der Waals surface area contributed by atoms with E-state index in [2.05, 4.69) is 14.9 Å². The molecule has 5 nitrogen and oxygen atoms in total. The van der Waals surface area contributed by atoms with Gasteiger partial charge in [0.1, 0.15) is 11.6 Å². The highest BCUT2D eigenvalue weighted by Gasteiger charge is 2.44. The van der Waals surface area contributed by atoms with Gasteiger partial charge in [-0.1, -0.05) is 18.2 Å². The fourth-order valence-electron chi connectivity index (χ4n) is 3.50. The summed E-state index contributed by atoms with van der Waals surface area (Å²) in [6.45, 7) is 4.48. The lowest BCUT2D eigenvalue weighted by Gasteiger charge is -2.19. The Labute approximate surface area is 130 Å². The van der Waals surface area contributed by atoms with Gasteiger partial charge in [0.25, 0.3) is 0 Å². The number of hydrogen-bond donors (Lipinski definition) is 1. The summed E-state index contributed by atoms with van der Waals surface area (Å²) in [7, 11) is 0. The van der Waals surface area contributed by atoms with Crippen LogP contribution in [-0.4, -0.2) is 47.3 Å². The van der Waals surface area contributed by atoms with E-state index in [-0.39, 0.29) is 0 Å². The lowest BCUT2D eigenvalue weighted by molar-refractivity contribution is 0.0893. The summed E-state index contributed by atoms with van der Waals surface area (Å²) in [6, 6.07) is 10.0. The summed E-state index contributed by atoms with van der Waals surface area (Å²) in [5.74, 6) is 3.01. The summed E-state index contributed by atoms with van der Waals surface area (Å²) >= 11 is 0. The Morgan fingerprint density at radius 1 is 1.27 bits per heavy atom. The summed E-state index contributed by atoms with van der Waals surface area (Å²) in [5.41, 5.74) is 0. The average molecular weight is 299 g/mol. The molecular formula is C17H21N3O2. The van der Waals surface area contributed by atoms with Gasteiger partial charge in [0.05, 0.1) is 25.9 Å². The van der Waals surface area contributed by atoms with E-state index >= 15 is 0 Å². The lowest BCUT2D eigenvalue weighted by Crippen LogP contribution is -2.26. The number of imidazole rings is 1. The zero-order valence-electron chi connectivity index (χ0n) is 12.5. The van der Waals surface area contributed by atoms with E-state index < -0.39 is 0 Å². The first-order valence-corrected chi connectivity index (χ1v) is 7.88. The maximum Gasteiger partial charge on any atom is 0.120 e. The van der Waals surface area contributed by atoms with Gasteiger partial charge in [0.2, 0.25) is 0 Å². The van der Waals surface area contributed by atoms with Gasteiger partial charge in [0, 0.05) is 37.3 Å². The molecule has 3 atom stereocenters. The molecular weight excluding hydrogens is 278 g/mol. The van der Waals surface area contributed by atoms with Crippen LogP contribution in [0.2, 0.25) is 0 Å².